The van der Waals surface area contributed by atoms with E-state index in [0.717, 1.165) is 5.56 Å². The van der Waals surface area contributed by atoms with Crippen molar-refractivity contribution in [1.82, 2.24) is 9.80 Å². The maximum atomic E-state index is 12.3. The monoisotopic (exact) mass is 293 g/mol. The van der Waals surface area contributed by atoms with E-state index in [9.17, 15) is 9.59 Å². The quantitative estimate of drug-likeness (QED) is 0.737. The van der Waals surface area contributed by atoms with Crippen LogP contribution in [0.4, 0.5) is 5.69 Å². The molecule has 6 heteroatoms. The highest BCUT2D eigenvalue weighted by molar-refractivity contribution is 5.85. The van der Waals surface area contributed by atoms with E-state index in [1.54, 1.807) is 33.3 Å². The van der Waals surface area contributed by atoms with Crippen molar-refractivity contribution in [3.63, 3.8) is 0 Å². The molecule has 0 aliphatic heterocycles. The lowest BCUT2D eigenvalue weighted by atomic mass is 10.1. The fraction of sp³-hybridized carbons (Fsp3) is 0.467. The zero-order valence-corrected chi connectivity index (χ0v) is 12.8. The Balaban J connectivity index is 2.69. The predicted octanol–water partition coefficient (Wildman–Crippen LogP) is 0.375. The van der Waals surface area contributed by atoms with Crippen LogP contribution in [0, 0.1) is 0 Å². The normalized spacial score (nSPS) is 10.2. The topological polar surface area (TPSA) is 75.9 Å². The third kappa shape index (κ3) is 5.83. The zero-order chi connectivity index (χ0) is 15.8. The van der Waals surface area contributed by atoms with Gasteiger partial charge in [0, 0.05) is 33.4 Å². The number of ether oxygens (including phenoxy) is 1. The van der Waals surface area contributed by atoms with Crippen molar-refractivity contribution in [3.8, 4) is 0 Å². The van der Waals surface area contributed by atoms with Crippen LogP contribution in [-0.4, -0.2) is 62.5 Å². The SMILES string of the molecule is COCCN(CC(=O)N(C)C)C(=O)Cc1ccc(N)cc1. The Hall–Kier alpha value is -2.08. The molecule has 0 saturated heterocycles. The Kier molecular flexibility index (Phi) is 6.68. The second-order valence-corrected chi connectivity index (χ2v) is 5.01. The van der Waals surface area contributed by atoms with E-state index in [-0.39, 0.29) is 24.8 Å². The summed E-state index contributed by atoms with van der Waals surface area (Å²) in [4.78, 5) is 27.1. The maximum Gasteiger partial charge on any atom is 0.241 e. The van der Waals surface area contributed by atoms with Gasteiger partial charge in [-0.1, -0.05) is 12.1 Å². The number of methoxy groups -OCH3 is 1. The first-order valence-corrected chi connectivity index (χ1v) is 6.75. The van der Waals surface area contributed by atoms with E-state index >= 15 is 0 Å². The van der Waals surface area contributed by atoms with Crippen LogP contribution in [0.2, 0.25) is 0 Å². The molecule has 0 unspecified atom stereocenters. The molecule has 0 fully saturated rings. The number of benzene rings is 1. The van der Waals surface area contributed by atoms with Crippen LogP contribution in [0.1, 0.15) is 5.56 Å². The minimum Gasteiger partial charge on any atom is -0.399 e. The van der Waals surface area contributed by atoms with E-state index in [4.69, 9.17) is 10.5 Å². The molecule has 0 saturated carbocycles. The van der Waals surface area contributed by atoms with Gasteiger partial charge in [-0.2, -0.15) is 0 Å². The Morgan fingerprint density at radius 2 is 1.76 bits per heavy atom. The zero-order valence-electron chi connectivity index (χ0n) is 12.8. The number of amides is 2. The van der Waals surface area contributed by atoms with Crippen LogP contribution >= 0.6 is 0 Å². The number of anilines is 1. The van der Waals surface area contributed by atoms with E-state index in [0.29, 0.717) is 18.8 Å². The number of carbonyl (C=O) groups excluding carboxylic acids is 2. The Labute approximate surface area is 125 Å². The molecule has 0 aliphatic carbocycles. The van der Waals surface area contributed by atoms with Crippen molar-refractivity contribution in [3.05, 3.63) is 29.8 Å². The van der Waals surface area contributed by atoms with Gasteiger partial charge in [-0.3, -0.25) is 9.59 Å². The first-order valence-electron chi connectivity index (χ1n) is 6.75. The van der Waals surface area contributed by atoms with Crippen LogP contribution in [-0.2, 0) is 20.7 Å². The van der Waals surface area contributed by atoms with Crippen LogP contribution < -0.4 is 5.73 Å². The smallest absolute Gasteiger partial charge is 0.241 e. The molecule has 0 aromatic heterocycles. The van der Waals surface area contributed by atoms with Crippen molar-refractivity contribution >= 4 is 17.5 Å². The molecule has 0 aliphatic rings. The minimum absolute atomic E-state index is 0.0597. The summed E-state index contributed by atoms with van der Waals surface area (Å²) in [6, 6.07) is 7.14. The molecule has 0 radical (unpaired) electrons. The van der Waals surface area contributed by atoms with E-state index < -0.39 is 0 Å². The molecule has 21 heavy (non-hydrogen) atoms. The van der Waals surface area contributed by atoms with Crippen LogP contribution in [0.25, 0.3) is 0 Å². The molecule has 6 nitrogen and oxygen atoms in total. The van der Waals surface area contributed by atoms with E-state index in [1.807, 2.05) is 12.1 Å². The average molecular weight is 293 g/mol. The van der Waals surface area contributed by atoms with Crippen LogP contribution in [0.3, 0.4) is 0 Å². The average Bonchev–Trinajstić information content (AvgIpc) is 2.45. The summed E-state index contributed by atoms with van der Waals surface area (Å²) in [7, 11) is 4.90. The van der Waals surface area contributed by atoms with Gasteiger partial charge in [0.1, 0.15) is 0 Å². The first-order chi connectivity index (χ1) is 9.93. The van der Waals surface area contributed by atoms with Crippen molar-refractivity contribution in [2.75, 3.05) is 46.6 Å². The van der Waals surface area contributed by atoms with Gasteiger partial charge >= 0.3 is 0 Å². The van der Waals surface area contributed by atoms with E-state index in [1.165, 1.54) is 9.80 Å². The fourth-order valence-corrected chi connectivity index (χ4v) is 1.72. The highest BCUT2D eigenvalue weighted by Gasteiger charge is 2.18. The summed E-state index contributed by atoms with van der Waals surface area (Å²) in [6.07, 6.45) is 0.241. The number of nitrogens with zero attached hydrogens (tertiary/aromatic N) is 2. The molecule has 1 rings (SSSR count). The molecule has 2 amide bonds. The summed E-state index contributed by atoms with van der Waals surface area (Å²) in [5.41, 5.74) is 7.15. The Morgan fingerprint density at radius 1 is 1.14 bits per heavy atom. The predicted molar refractivity (Wildman–Crippen MR) is 81.7 cm³/mol. The number of likely N-dealkylation sites (N-methyl/N-ethyl adjacent to an activating group) is 1. The number of rotatable bonds is 7. The van der Waals surface area contributed by atoms with Gasteiger partial charge < -0.3 is 20.3 Å². The molecule has 0 bridgehead atoms. The summed E-state index contributed by atoms with van der Waals surface area (Å²) in [5.74, 6) is -0.219. The minimum atomic E-state index is -0.114. The Bertz CT molecular complexity index is 472. The van der Waals surface area contributed by atoms with Crippen molar-refractivity contribution in [1.29, 1.82) is 0 Å². The molecule has 0 atom stereocenters. The molecule has 1 aromatic rings. The molecule has 0 spiro atoms. The lowest BCUT2D eigenvalue weighted by molar-refractivity contribution is -0.139. The molecule has 116 valence electrons. The Morgan fingerprint density at radius 3 is 2.29 bits per heavy atom. The molecule has 1 aromatic carbocycles. The van der Waals surface area contributed by atoms with Gasteiger partial charge in [0.25, 0.3) is 0 Å². The highest BCUT2D eigenvalue weighted by Crippen LogP contribution is 2.08. The lowest BCUT2D eigenvalue weighted by Gasteiger charge is -2.23. The molecule has 2 N–H and O–H groups in total. The van der Waals surface area contributed by atoms with Gasteiger partial charge in [0.2, 0.25) is 11.8 Å². The van der Waals surface area contributed by atoms with Crippen molar-refractivity contribution in [2.24, 2.45) is 0 Å². The third-order valence-corrected chi connectivity index (χ3v) is 3.08. The summed E-state index contributed by atoms with van der Waals surface area (Å²) < 4.78 is 5.00. The number of nitrogen functional groups attached to an aromatic ring is 1. The largest absolute Gasteiger partial charge is 0.399 e. The molecular weight excluding hydrogens is 270 g/mol. The first kappa shape index (κ1) is 17.0. The van der Waals surface area contributed by atoms with Gasteiger partial charge in [-0.15, -0.1) is 0 Å². The second kappa shape index (κ2) is 8.26. The number of carbonyl (C=O) groups is 2. The van der Waals surface area contributed by atoms with Crippen molar-refractivity contribution < 1.29 is 14.3 Å². The van der Waals surface area contributed by atoms with Gasteiger partial charge in [0.15, 0.2) is 0 Å². The molecular formula is C15H23N3O3. The summed E-state index contributed by atoms with van der Waals surface area (Å²) in [5, 5.41) is 0. The standard InChI is InChI=1S/C15H23N3O3/c1-17(2)15(20)11-18(8-9-21-3)14(19)10-12-4-6-13(16)7-5-12/h4-7H,8-11,16H2,1-3H3. The number of hydrogen-bond donors (Lipinski definition) is 1. The summed E-state index contributed by atoms with van der Waals surface area (Å²) in [6.45, 7) is 0.849. The maximum absolute atomic E-state index is 12.3. The van der Waals surface area contributed by atoms with Gasteiger partial charge in [-0.25, -0.2) is 0 Å². The van der Waals surface area contributed by atoms with Crippen LogP contribution in [0.15, 0.2) is 24.3 Å². The highest BCUT2D eigenvalue weighted by atomic mass is 16.5. The summed E-state index contributed by atoms with van der Waals surface area (Å²) >= 11 is 0. The second-order valence-electron chi connectivity index (χ2n) is 5.01. The number of hydrogen-bond acceptors (Lipinski definition) is 4. The third-order valence-electron chi connectivity index (χ3n) is 3.08. The van der Waals surface area contributed by atoms with Gasteiger partial charge in [0.05, 0.1) is 19.6 Å². The van der Waals surface area contributed by atoms with E-state index in [2.05, 4.69) is 0 Å². The van der Waals surface area contributed by atoms with Crippen molar-refractivity contribution in [2.45, 2.75) is 6.42 Å². The molecule has 0 heterocycles. The fourth-order valence-electron chi connectivity index (χ4n) is 1.72. The van der Waals surface area contributed by atoms with Gasteiger partial charge in [-0.05, 0) is 17.7 Å². The lowest BCUT2D eigenvalue weighted by Crippen LogP contribution is -2.42. The van der Waals surface area contributed by atoms with Crippen LogP contribution in [0.5, 0.6) is 0 Å². The number of nitrogens with two attached hydrogens (primary N) is 1.